The van der Waals surface area contributed by atoms with Gasteiger partial charge in [-0.2, -0.15) is 0 Å². The summed E-state index contributed by atoms with van der Waals surface area (Å²) in [6.45, 7) is 8.61. The lowest BCUT2D eigenvalue weighted by atomic mass is 9.83. The fourth-order valence-electron chi connectivity index (χ4n) is 3.43. The quantitative estimate of drug-likeness (QED) is 0.755. The van der Waals surface area contributed by atoms with Gasteiger partial charge in [0.15, 0.2) is 0 Å². The van der Waals surface area contributed by atoms with Crippen molar-refractivity contribution in [1.82, 2.24) is 10.2 Å². The molecule has 0 aromatic carbocycles. The number of carbonyl (C=O) groups is 1. The summed E-state index contributed by atoms with van der Waals surface area (Å²) in [4.78, 5) is 13.8. The summed E-state index contributed by atoms with van der Waals surface area (Å²) in [6, 6.07) is 0.700. The number of hydrogen-bond acceptors (Lipinski definition) is 3. The van der Waals surface area contributed by atoms with Gasteiger partial charge in [0.2, 0.25) is 0 Å². The largest absolute Gasteiger partial charge is 0.480 e. The summed E-state index contributed by atoms with van der Waals surface area (Å²) in [5.74, 6) is 0.111. The summed E-state index contributed by atoms with van der Waals surface area (Å²) in [5, 5.41) is 12.7. The van der Waals surface area contributed by atoms with Crippen LogP contribution in [-0.4, -0.2) is 47.2 Å². The molecule has 4 heteroatoms. The van der Waals surface area contributed by atoms with E-state index in [1.807, 2.05) is 13.8 Å². The van der Waals surface area contributed by atoms with Crippen LogP contribution in [-0.2, 0) is 4.79 Å². The van der Waals surface area contributed by atoms with Crippen LogP contribution < -0.4 is 5.32 Å². The van der Waals surface area contributed by atoms with Gasteiger partial charge in [0, 0.05) is 18.6 Å². The second-order valence-electron chi connectivity index (χ2n) is 6.93. The third-order valence-corrected chi connectivity index (χ3v) is 4.66. The van der Waals surface area contributed by atoms with Gasteiger partial charge >= 0.3 is 5.97 Å². The SMILES string of the molecule is CCC1CCC(N(C)CC(C)(NC(C)C)C(=O)O)CC1. The normalized spacial score (nSPS) is 26.8. The molecule has 0 radical (unpaired) electrons. The van der Waals surface area contributed by atoms with Crippen LogP contribution in [0.15, 0.2) is 0 Å². The zero-order valence-electron chi connectivity index (χ0n) is 13.8. The van der Waals surface area contributed by atoms with Crippen molar-refractivity contribution in [3.63, 3.8) is 0 Å². The molecule has 0 bridgehead atoms. The maximum Gasteiger partial charge on any atom is 0.324 e. The fraction of sp³-hybridized carbons (Fsp3) is 0.938. The van der Waals surface area contributed by atoms with Crippen molar-refractivity contribution in [3.05, 3.63) is 0 Å². The van der Waals surface area contributed by atoms with Crippen LogP contribution in [0.25, 0.3) is 0 Å². The highest BCUT2D eigenvalue weighted by molar-refractivity contribution is 5.78. The Kier molecular flexibility index (Phi) is 6.46. The molecule has 1 saturated carbocycles. The van der Waals surface area contributed by atoms with Crippen LogP contribution in [0.4, 0.5) is 0 Å². The first-order chi connectivity index (χ1) is 9.28. The van der Waals surface area contributed by atoms with Gasteiger partial charge in [0.05, 0.1) is 0 Å². The van der Waals surface area contributed by atoms with E-state index in [2.05, 4.69) is 24.2 Å². The molecule has 1 rings (SSSR count). The number of rotatable bonds is 7. The lowest BCUT2D eigenvalue weighted by molar-refractivity contribution is -0.145. The molecule has 0 spiro atoms. The second-order valence-corrected chi connectivity index (χ2v) is 6.93. The van der Waals surface area contributed by atoms with Gasteiger partial charge in [-0.25, -0.2) is 0 Å². The van der Waals surface area contributed by atoms with E-state index in [-0.39, 0.29) is 6.04 Å². The predicted octanol–water partition coefficient (Wildman–Crippen LogP) is 2.73. The van der Waals surface area contributed by atoms with Crippen LogP contribution in [0.3, 0.4) is 0 Å². The molecule has 0 aliphatic heterocycles. The maximum absolute atomic E-state index is 11.6. The third-order valence-electron chi connectivity index (χ3n) is 4.66. The van der Waals surface area contributed by atoms with Crippen molar-refractivity contribution < 1.29 is 9.90 Å². The summed E-state index contributed by atoms with van der Waals surface area (Å²) in [5.41, 5.74) is -0.871. The predicted molar refractivity (Wildman–Crippen MR) is 83.0 cm³/mol. The summed E-state index contributed by atoms with van der Waals surface area (Å²) in [7, 11) is 2.07. The highest BCUT2D eigenvalue weighted by Gasteiger charge is 2.36. The standard InChI is InChI=1S/C16H32N2O2/c1-6-13-7-9-14(10-8-13)18(5)11-16(4,15(19)20)17-12(2)3/h12-14,17H,6-11H2,1-5H3,(H,19,20). The average Bonchev–Trinajstić information content (AvgIpc) is 2.37. The van der Waals surface area contributed by atoms with E-state index in [1.165, 1.54) is 32.1 Å². The van der Waals surface area contributed by atoms with Crippen molar-refractivity contribution in [2.45, 2.75) is 77.4 Å². The molecule has 1 unspecified atom stereocenters. The van der Waals surface area contributed by atoms with Gasteiger partial charge in [-0.05, 0) is 59.4 Å². The first-order valence-electron chi connectivity index (χ1n) is 7.99. The maximum atomic E-state index is 11.6. The smallest absolute Gasteiger partial charge is 0.324 e. The Morgan fingerprint density at radius 1 is 1.35 bits per heavy atom. The lowest BCUT2D eigenvalue weighted by Crippen LogP contribution is -2.59. The average molecular weight is 284 g/mol. The molecule has 2 N–H and O–H groups in total. The number of nitrogens with one attached hydrogen (secondary N) is 1. The topological polar surface area (TPSA) is 52.6 Å². The summed E-state index contributed by atoms with van der Waals surface area (Å²) < 4.78 is 0. The number of likely N-dealkylation sites (N-methyl/N-ethyl adjacent to an activating group) is 1. The van der Waals surface area contributed by atoms with Gasteiger partial charge in [0.25, 0.3) is 0 Å². The van der Waals surface area contributed by atoms with E-state index in [0.29, 0.717) is 12.6 Å². The highest BCUT2D eigenvalue weighted by atomic mass is 16.4. The monoisotopic (exact) mass is 284 g/mol. The summed E-state index contributed by atoms with van der Waals surface area (Å²) in [6.07, 6.45) is 6.25. The Balaban J connectivity index is 2.58. The number of nitrogens with zero attached hydrogens (tertiary/aromatic N) is 1. The molecule has 0 heterocycles. The van der Waals surface area contributed by atoms with Crippen molar-refractivity contribution in [2.24, 2.45) is 5.92 Å². The van der Waals surface area contributed by atoms with Crippen molar-refractivity contribution >= 4 is 5.97 Å². The van der Waals surface area contributed by atoms with Gasteiger partial charge in [-0.1, -0.05) is 13.3 Å². The van der Waals surface area contributed by atoms with E-state index in [4.69, 9.17) is 0 Å². The van der Waals surface area contributed by atoms with E-state index >= 15 is 0 Å². The molecule has 0 saturated heterocycles. The van der Waals surface area contributed by atoms with Crippen molar-refractivity contribution in [3.8, 4) is 0 Å². The zero-order valence-corrected chi connectivity index (χ0v) is 13.8. The number of hydrogen-bond donors (Lipinski definition) is 2. The number of carboxylic acid groups (broad SMARTS) is 1. The minimum atomic E-state index is -0.871. The molecule has 20 heavy (non-hydrogen) atoms. The van der Waals surface area contributed by atoms with Crippen LogP contribution in [0.1, 0.15) is 59.8 Å². The van der Waals surface area contributed by atoms with Gasteiger partial charge in [-0.3, -0.25) is 10.1 Å². The molecule has 1 aliphatic rings. The third kappa shape index (κ3) is 4.74. The Morgan fingerprint density at radius 2 is 1.90 bits per heavy atom. The molecule has 4 nitrogen and oxygen atoms in total. The van der Waals surface area contributed by atoms with E-state index in [0.717, 1.165) is 5.92 Å². The Hall–Kier alpha value is -0.610. The van der Waals surface area contributed by atoms with Gasteiger partial charge < -0.3 is 10.0 Å². The number of carboxylic acids is 1. The van der Waals surface area contributed by atoms with E-state index in [9.17, 15) is 9.90 Å². The molecule has 1 aliphatic carbocycles. The van der Waals surface area contributed by atoms with E-state index < -0.39 is 11.5 Å². The van der Waals surface area contributed by atoms with E-state index in [1.54, 1.807) is 6.92 Å². The minimum Gasteiger partial charge on any atom is -0.480 e. The molecule has 0 aromatic heterocycles. The second kappa shape index (κ2) is 7.41. The fourth-order valence-corrected chi connectivity index (χ4v) is 3.43. The number of aliphatic carboxylic acids is 1. The Labute approximate surface area is 123 Å². The van der Waals surface area contributed by atoms with Crippen LogP contribution in [0.5, 0.6) is 0 Å². The first-order valence-corrected chi connectivity index (χ1v) is 7.99. The molecule has 118 valence electrons. The first kappa shape index (κ1) is 17.4. The Bertz CT molecular complexity index is 312. The molecular formula is C16H32N2O2. The van der Waals surface area contributed by atoms with Gasteiger partial charge in [-0.15, -0.1) is 0 Å². The molecule has 1 atom stereocenters. The molecular weight excluding hydrogens is 252 g/mol. The van der Waals surface area contributed by atoms with Crippen molar-refractivity contribution in [2.75, 3.05) is 13.6 Å². The van der Waals surface area contributed by atoms with Crippen molar-refractivity contribution in [1.29, 1.82) is 0 Å². The molecule has 0 aromatic rings. The minimum absolute atomic E-state index is 0.167. The molecule has 0 amide bonds. The zero-order chi connectivity index (χ0) is 15.3. The molecule has 1 fully saturated rings. The summed E-state index contributed by atoms with van der Waals surface area (Å²) >= 11 is 0. The van der Waals surface area contributed by atoms with Crippen LogP contribution >= 0.6 is 0 Å². The van der Waals surface area contributed by atoms with Gasteiger partial charge in [0.1, 0.15) is 5.54 Å². The Morgan fingerprint density at radius 3 is 2.30 bits per heavy atom. The highest BCUT2D eigenvalue weighted by Crippen LogP contribution is 2.29. The lowest BCUT2D eigenvalue weighted by Gasteiger charge is -2.39. The van der Waals surface area contributed by atoms with Crippen LogP contribution in [0, 0.1) is 5.92 Å². The van der Waals surface area contributed by atoms with Crippen LogP contribution in [0.2, 0.25) is 0 Å².